The lowest BCUT2D eigenvalue weighted by atomic mass is 10.1. The van der Waals surface area contributed by atoms with Crippen LogP contribution in [0.4, 0.5) is 0 Å². The van der Waals surface area contributed by atoms with Crippen molar-refractivity contribution in [3.8, 4) is 5.88 Å². The van der Waals surface area contributed by atoms with E-state index in [1.54, 1.807) is 17.7 Å². The van der Waals surface area contributed by atoms with Crippen molar-refractivity contribution in [2.45, 2.75) is 71.3 Å². The maximum Gasteiger partial charge on any atom is 0.356 e. The van der Waals surface area contributed by atoms with Gasteiger partial charge in [-0.2, -0.15) is 0 Å². The zero-order chi connectivity index (χ0) is 23.4. The van der Waals surface area contributed by atoms with Crippen LogP contribution in [0.1, 0.15) is 51.0 Å². The molecule has 0 bridgehead atoms. The Hall–Kier alpha value is -1.43. The standard InChI is InChI=1S/C20H37N3O6SSi/c1-8-27-19(24)17-15-18(29-16-9-11-22(12-10-16)30(5,25)26)21-23(17)13-14-28-31(6,7)20(2,3)4/h15-16H,8-14H2,1-7H3. The molecule has 11 heteroatoms. The van der Waals surface area contributed by atoms with Crippen LogP contribution in [-0.2, 0) is 25.7 Å². The number of carbonyl (C=O) groups is 1. The molecule has 0 saturated carbocycles. The second-order valence-electron chi connectivity index (χ2n) is 9.40. The maximum atomic E-state index is 12.4. The molecule has 0 radical (unpaired) electrons. The van der Waals surface area contributed by atoms with Crippen LogP contribution in [0.15, 0.2) is 6.07 Å². The van der Waals surface area contributed by atoms with Crippen molar-refractivity contribution in [1.29, 1.82) is 0 Å². The third kappa shape index (κ3) is 7.03. The van der Waals surface area contributed by atoms with E-state index < -0.39 is 24.3 Å². The maximum absolute atomic E-state index is 12.4. The molecule has 2 rings (SSSR count). The van der Waals surface area contributed by atoms with E-state index in [1.807, 2.05) is 0 Å². The smallest absolute Gasteiger partial charge is 0.356 e. The molecule has 0 spiro atoms. The predicted octanol–water partition coefficient (Wildman–Crippen LogP) is 2.88. The van der Waals surface area contributed by atoms with Crippen molar-refractivity contribution >= 4 is 24.3 Å². The van der Waals surface area contributed by atoms with E-state index in [2.05, 4.69) is 39.0 Å². The summed E-state index contributed by atoms with van der Waals surface area (Å²) >= 11 is 0. The summed E-state index contributed by atoms with van der Waals surface area (Å²) in [5.74, 6) is -0.114. The van der Waals surface area contributed by atoms with Crippen LogP contribution in [0.2, 0.25) is 18.1 Å². The quantitative estimate of drug-likeness (QED) is 0.400. The molecule has 0 N–H and O–H groups in total. The Labute approximate surface area is 187 Å². The fourth-order valence-corrected chi connectivity index (χ4v) is 4.96. The fourth-order valence-electron chi connectivity index (χ4n) is 3.05. The average molecular weight is 476 g/mol. The van der Waals surface area contributed by atoms with E-state index in [4.69, 9.17) is 13.9 Å². The molecule has 178 valence electrons. The molecule has 1 aliphatic rings. The van der Waals surface area contributed by atoms with Gasteiger partial charge in [0.1, 0.15) is 11.8 Å². The van der Waals surface area contributed by atoms with Crippen molar-refractivity contribution in [2.24, 2.45) is 0 Å². The molecule has 1 aliphatic heterocycles. The first-order valence-electron chi connectivity index (χ1n) is 10.8. The molecular formula is C20H37N3O6SSi. The highest BCUT2D eigenvalue weighted by Gasteiger charge is 2.37. The van der Waals surface area contributed by atoms with Crippen LogP contribution in [0.3, 0.4) is 0 Å². The number of carbonyl (C=O) groups excluding carboxylic acids is 1. The zero-order valence-corrected chi connectivity index (χ0v) is 21.6. The summed E-state index contributed by atoms with van der Waals surface area (Å²) in [6, 6.07) is 1.59. The van der Waals surface area contributed by atoms with E-state index in [1.165, 1.54) is 10.6 Å². The molecule has 1 saturated heterocycles. The minimum atomic E-state index is -3.19. The SMILES string of the molecule is CCOC(=O)c1cc(OC2CCN(S(C)(=O)=O)CC2)nn1CCO[Si](C)(C)C(C)(C)C. The number of esters is 1. The Balaban J connectivity index is 2.06. The Morgan fingerprint density at radius 2 is 1.87 bits per heavy atom. The van der Waals surface area contributed by atoms with Gasteiger partial charge in [0.2, 0.25) is 15.9 Å². The number of hydrogen-bond donors (Lipinski definition) is 0. The van der Waals surface area contributed by atoms with E-state index in [0.29, 0.717) is 50.7 Å². The average Bonchev–Trinajstić information content (AvgIpc) is 3.03. The molecule has 1 aromatic heterocycles. The van der Waals surface area contributed by atoms with Crippen molar-refractivity contribution in [2.75, 3.05) is 32.6 Å². The molecule has 0 unspecified atom stereocenters. The predicted molar refractivity (Wildman–Crippen MR) is 121 cm³/mol. The number of hydrogen-bond acceptors (Lipinski definition) is 7. The number of sulfonamides is 1. The highest BCUT2D eigenvalue weighted by Crippen LogP contribution is 2.36. The van der Waals surface area contributed by atoms with Crippen molar-refractivity contribution in [3.05, 3.63) is 11.8 Å². The van der Waals surface area contributed by atoms with E-state index >= 15 is 0 Å². The van der Waals surface area contributed by atoms with Gasteiger partial charge in [-0.05, 0) is 37.9 Å². The lowest BCUT2D eigenvalue weighted by Crippen LogP contribution is -2.41. The van der Waals surface area contributed by atoms with Gasteiger partial charge in [0.05, 0.1) is 26.0 Å². The van der Waals surface area contributed by atoms with Gasteiger partial charge in [-0.25, -0.2) is 17.5 Å². The third-order valence-corrected chi connectivity index (χ3v) is 11.8. The number of nitrogens with zero attached hydrogens (tertiary/aromatic N) is 3. The van der Waals surface area contributed by atoms with E-state index in [-0.39, 0.29) is 17.7 Å². The topological polar surface area (TPSA) is 100.0 Å². The number of rotatable bonds is 9. The summed E-state index contributed by atoms with van der Waals surface area (Å²) in [7, 11) is -5.10. The minimum absolute atomic E-state index is 0.0934. The molecule has 0 amide bonds. The normalized spacial score (nSPS) is 17.0. The number of aromatic nitrogens is 2. The third-order valence-electron chi connectivity index (χ3n) is 5.97. The minimum Gasteiger partial charge on any atom is -0.473 e. The Kier molecular flexibility index (Phi) is 8.34. The lowest BCUT2D eigenvalue weighted by Gasteiger charge is -2.36. The lowest BCUT2D eigenvalue weighted by molar-refractivity contribution is 0.0510. The van der Waals surface area contributed by atoms with Gasteiger partial charge in [0.25, 0.3) is 0 Å². The van der Waals surface area contributed by atoms with Gasteiger partial charge in [-0.15, -0.1) is 5.10 Å². The van der Waals surface area contributed by atoms with E-state index in [0.717, 1.165) is 0 Å². The van der Waals surface area contributed by atoms with E-state index in [9.17, 15) is 13.2 Å². The van der Waals surface area contributed by atoms with Crippen molar-refractivity contribution in [1.82, 2.24) is 14.1 Å². The second kappa shape index (κ2) is 10.0. The monoisotopic (exact) mass is 475 g/mol. The van der Waals surface area contributed by atoms with Crippen molar-refractivity contribution in [3.63, 3.8) is 0 Å². The van der Waals surface area contributed by atoms with Crippen LogP contribution in [-0.4, -0.2) is 75.5 Å². The fraction of sp³-hybridized carbons (Fsp3) is 0.800. The summed E-state index contributed by atoms with van der Waals surface area (Å²) in [5.41, 5.74) is 0.323. The summed E-state index contributed by atoms with van der Waals surface area (Å²) in [4.78, 5) is 12.4. The van der Waals surface area contributed by atoms with Crippen LogP contribution in [0.25, 0.3) is 0 Å². The second-order valence-corrected chi connectivity index (χ2v) is 16.2. The first kappa shape index (κ1) is 25.8. The number of piperidine rings is 1. The highest BCUT2D eigenvalue weighted by atomic mass is 32.2. The zero-order valence-electron chi connectivity index (χ0n) is 19.8. The number of ether oxygens (including phenoxy) is 2. The molecule has 1 fully saturated rings. The molecule has 0 atom stereocenters. The highest BCUT2D eigenvalue weighted by molar-refractivity contribution is 7.88. The molecule has 31 heavy (non-hydrogen) atoms. The van der Waals surface area contributed by atoms with Gasteiger partial charge in [-0.1, -0.05) is 20.8 Å². The largest absolute Gasteiger partial charge is 0.473 e. The van der Waals surface area contributed by atoms with Gasteiger partial charge < -0.3 is 13.9 Å². The summed E-state index contributed by atoms with van der Waals surface area (Å²) < 4.78 is 43.7. The first-order valence-corrected chi connectivity index (χ1v) is 15.5. The molecule has 0 aliphatic carbocycles. The summed E-state index contributed by atoms with van der Waals surface area (Å²) in [5, 5.41) is 4.55. The van der Waals surface area contributed by atoms with Gasteiger partial charge in [-0.3, -0.25) is 4.68 Å². The first-order chi connectivity index (χ1) is 14.2. The Morgan fingerprint density at radius 1 is 1.26 bits per heavy atom. The molecule has 0 aromatic carbocycles. The summed E-state index contributed by atoms with van der Waals surface area (Å²) in [6.07, 6.45) is 2.21. The van der Waals surface area contributed by atoms with Crippen LogP contribution < -0.4 is 4.74 Å². The van der Waals surface area contributed by atoms with Crippen LogP contribution in [0, 0.1) is 0 Å². The van der Waals surface area contributed by atoms with Crippen LogP contribution >= 0.6 is 0 Å². The Bertz CT molecular complexity index is 855. The van der Waals surface area contributed by atoms with Crippen LogP contribution in [0.5, 0.6) is 5.88 Å². The summed E-state index contributed by atoms with van der Waals surface area (Å²) in [6.45, 7) is 14.6. The Morgan fingerprint density at radius 3 is 2.39 bits per heavy atom. The van der Waals surface area contributed by atoms with Gasteiger partial charge in [0.15, 0.2) is 8.32 Å². The molecule has 2 heterocycles. The molecular weight excluding hydrogens is 438 g/mol. The van der Waals surface area contributed by atoms with Crippen molar-refractivity contribution < 1.29 is 27.1 Å². The molecule has 9 nitrogen and oxygen atoms in total. The molecule has 1 aromatic rings. The van der Waals surface area contributed by atoms with Gasteiger partial charge >= 0.3 is 5.97 Å². The van der Waals surface area contributed by atoms with Gasteiger partial charge in [0, 0.05) is 19.2 Å².